The lowest BCUT2D eigenvalue weighted by Gasteiger charge is -2.10. The normalized spacial score (nSPS) is 10.2. The molecule has 6 nitrogen and oxygen atoms in total. The van der Waals surface area contributed by atoms with Crippen LogP contribution in [-0.4, -0.2) is 16.8 Å². The first-order valence-corrected chi connectivity index (χ1v) is 9.03. The number of nitrogens with zero attached hydrogens (tertiary/aromatic N) is 1. The second-order valence-corrected chi connectivity index (χ2v) is 6.35. The summed E-state index contributed by atoms with van der Waals surface area (Å²) in [4.78, 5) is 27.9. The maximum Gasteiger partial charge on any atom is 0.257 e. The fourth-order valence-corrected chi connectivity index (χ4v) is 2.70. The Morgan fingerprint density at radius 2 is 1.57 bits per heavy atom. The molecule has 28 heavy (non-hydrogen) atoms. The minimum absolute atomic E-state index is 0.168. The Hall–Kier alpha value is -3.67. The predicted octanol–water partition coefficient (Wildman–Crippen LogP) is 4.60. The molecule has 3 aromatic rings. The van der Waals surface area contributed by atoms with Gasteiger partial charge in [-0.3, -0.25) is 14.6 Å². The molecule has 0 saturated heterocycles. The van der Waals surface area contributed by atoms with Crippen molar-refractivity contribution >= 4 is 34.6 Å². The third kappa shape index (κ3) is 5.17. The third-order valence-corrected chi connectivity index (χ3v) is 4.09. The number of pyridine rings is 1. The number of amides is 2. The van der Waals surface area contributed by atoms with Crippen LogP contribution in [0.5, 0.6) is 0 Å². The first-order chi connectivity index (χ1) is 13.5. The highest BCUT2D eigenvalue weighted by atomic mass is 16.2. The number of carbonyl (C=O) groups excluding carboxylic acids is 2. The van der Waals surface area contributed by atoms with E-state index in [0.29, 0.717) is 16.9 Å². The zero-order valence-corrected chi connectivity index (χ0v) is 15.8. The first-order valence-electron chi connectivity index (χ1n) is 9.03. The number of hydrogen-bond acceptors (Lipinski definition) is 4. The number of aryl methyl sites for hydroxylation is 1. The Balaban J connectivity index is 1.70. The van der Waals surface area contributed by atoms with Gasteiger partial charge in [-0.15, -0.1) is 0 Å². The van der Waals surface area contributed by atoms with Crippen LogP contribution in [-0.2, 0) is 11.2 Å². The summed E-state index contributed by atoms with van der Waals surface area (Å²) in [5.41, 5.74) is 4.56. The van der Waals surface area contributed by atoms with Crippen molar-refractivity contribution < 1.29 is 9.59 Å². The molecule has 142 valence electrons. The quantitative estimate of drug-likeness (QED) is 0.589. The van der Waals surface area contributed by atoms with Crippen LogP contribution in [0.2, 0.25) is 0 Å². The molecule has 0 saturated carbocycles. The molecule has 0 bridgehead atoms. The van der Waals surface area contributed by atoms with Crippen molar-refractivity contribution in [2.75, 3.05) is 16.0 Å². The van der Waals surface area contributed by atoms with Gasteiger partial charge in [-0.2, -0.15) is 0 Å². The molecule has 3 N–H and O–H groups in total. The van der Waals surface area contributed by atoms with Crippen molar-refractivity contribution in [1.82, 2.24) is 4.98 Å². The molecule has 2 amide bonds. The number of nitrogens with one attached hydrogen (secondary N) is 3. The van der Waals surface area contributed by atoms with Crippen molar-refractivity contribution in [2.45, 2.75) is 20.3 Å². The van der Waals surface area contributed by atoms with Gasteiger partial charge >= 0.3 is 0 Å². The lowest BCUT2D eigenvalue weighted by atomic mass is 10.1. The van der Waals surface area contributed by atoms with Gasteiger partial charge < -0.3 is 16.0 Å². The minimum atomic E-state index is -0.280. The third-order valence-electron chi connectivity index (χ3n) is 4.09. The second-order valence-electron chi connectivity index (χ2n) is 6.35. The van der Waals surface area contributed by atoms with Gasteiger partial charge in [0.05, 0.1) is 17.4 Å². The second kappa shape index (κ2) is 8.81. The van der Waals surface area contributed by atoms with Gasteiger partial charge in [-0.05, 0) is 48.4 Å². The van der Waals surface area contributed by atoms with Crippen molar-refractivity contribution in [2.24, 2.45) is 0 Å². The molecule has 0 spiro atoms. The summed E-state index contributed by atoms with van der Waals surface area (Å²) < 4.78 is 0. The standard InChI is InChI=1S/C22H22N4O2/c1-3-16-7-9-18(10-8-16)25-21-11-17(13-23-14-21)22(28)26-20-6-4-5-19(12-20)24-15(2)27/h4-14,25H,3H2,1-2H3,(H,24,27)(H,26,28). The highest BCUT2D eigenvalue weighted by Gasteiger charge is 2.09. The average molecular weight is 374 g/mol. The molecule has 0 aliphatic heterocycles. The van der Waals surface area contributed by atoms with Crippen molar-refractivity contribution in [3.63, 3.8) is 0 Å². The lowest BCUT2D eigenvalue weighted by molar-refractivity contribution is -0.114. The number of anilines is 4. The van der Waals surface area contributed by atoms with E-state index in [0.717, 1.165) is 17.8 Å². The Morgan fingerprint density at radius 3 is 2.25 bits per heavy atom. The van der Waals surface area contributed by atoms with Crippen LogP contribution < -0.4 is 16.0 Å². The first kappa shape index (κ1) is 19.1. The molecule has 0 fully saturated rings. The number of rotatable bonds is 6. The summed E-state index contributed by atoms with van der Waals surface area (Å²) in [7, 11) is 0. The molecule has 3 rings (SSSR count). The average Bonchev–Trinajstić information content (AvgIpc) is 2.68. The van der Waals surface area contributed by atoms with E-state index in [2.05, 4.69) is 40.0 Å². The highest BCUT2D eigenvalue weighted by Crippen LogP contribution is 2.19. The van der Waals surface area contributed by atoms with Crippen LogP contribution in [0.4, 0.5) is 22.7 Å². The van der Waals surface area contributed by atoms with E-state index in [-0.39, 0.29) is 11.8 Å². The Bertz CT molecular complexity index is 984. The van der Waals surface area contributed by atoms with E-state index in [4.69, 9.17) is 0 Å². The molecule has 6 heteroatoms. The van der Waals surface area contributed by atoms with E-state index in [1.807, 2.05) is 12.1 Å². The van der Waals surface area contributed by atoms with Gasteiger partial charge in [0, 0.05) is 30.2 Å². The monoisotopic (exact) mass is 374 g/mol. The van der Waals surface area contributed by atoms with Crippen molar-refractivity contribution in [3.05, 3.63) is 78.1 Å². The van der Waals surface area contributed by atoms with Gasteiger partial charge in [0.25, 0.3) is 5.91 Å². The summed E-state index contributed by atoms with van der Waals surface area (Å²) >= 11 is 0. The number of hydrogen-bond donors (Lipinski definition) is 3. The zero-order chi connectivity index (χ0) is 19.9. The summed E-state index contributed by atoms with van der Waals surface area (Å²) in [6, 6.07) is 16.8. The molecule has 0 atom stereocenters. The van der Waals surface area contributed by atoms with E-state index in [9.17, 15) is 9.59 Å². The Morgan fingerprint density at radius 1 is 0.857 bits per heavy atom. The SMILES string of the molecule is CCc1ccc(Nc2cncc(C(=O)Nc3cccc(NC(C)=O)c3)c2)cc1. The molecular formula is C22H22N4O2. The summed E-state index contributed by atoms with van der Waals surface area (Å²) in [6.07, 6.45) is 4.17. The molecule has 1 aromatic heterocycles. The number of carbonyl (C=O) groups is 2. The molecular weight excluding hydrogens is 352 g/mol. The lowest BCUT2D eigenvalue weighted by Crippen LogP contribution is -2.13. The molecule has 2 aromatic carbocycles. The fourth-order valence-electron chi connectivity index (χ4n) is 2.70. The Kier molecular flexibility index (Phi) is 6.01. The summed E-state index contributed by atoms with van der Waals surface area (Å²) in [5, 5.41) is 8.77. The van der Waals surface area contributed by atoms with E-state index >= 15 is 0 Å². The summed E-state index contributed by atoms with van der Waals surface area (Å²) in [5.74, 6) is -0.448. The van der Waals surface area contributed by atoms with Gasteiger partial charge in [-0.25, -0.2) is 0 Å². The summed E-state index contributed by atoms with van der Waals surface area (Å²) in [6.45, 7) is 3.55. The van der Waals surface area contributed by atoms with Crippen molar-refractivity contribution in [3.8, 4) is 0 Å². The van der Waals surface area contributed by atoms with Gasteiger partial charge in [0.2, 0.25) is 5.91 Å². The zero-order valence-electron chi connectivity index (χ0n) is 15.8. The smallest absolute Gasteiger partial charge is 0.257 e. The fraction of sp³-hybridized carbons (Fsp3) is 0.136. The largest absolute Gasteiger partial charge is 0.354 e. The number of aromatic nitrogens is 1. The topological polar surface area (TPSA) is 83.1 Å². The van der Waals surface area contributed by atoms with Crippen LogP contribution in [0.15, 0.2) is 67.0 Å². The molecule has 0 radical (unpaired) electrons. The molecule has 0 aliphatic rings. The maximum atomic E-state index is 12.6. The van der Waals surface area contributed by atoms with Crippen LogP contribution in [0.3, 0.4) is 0 Å². The predicted molar refractivity (Wildman–Crippen MR) is 112 cm³/mol. The molecule has 0 unspecified atom stereocenters. The molecule has 1 heterocycles. The van der Waals surface area contributed by atoms with Gasteiger partial charge in [0.15, 0.2) is 0 Å². The van der Waals surface area contributed by atoms with Crippen LogP contribution in [0.25, 0.3) is 0 Å². The van der Waals surface area contributed by atoms with Gasteiger partial charge in [0.1, 0.15) is 0 Å². The van der Waals surface area contributed by atoms with E-state index in [1.54, 1.807) is 36.5 Å². The van der Waals surface area contributed by atoms with E-state index < -0.39 is 0 Å². The van der Waals surface area contributed by atoms with Gasteiger partial charge in [-0.1, -0.05) is 25.1 Å². The highest BCUT2D eigenvalue weighted by molar-refractivity contribution is 6.05. The van der Waals surface area contributed by atoms with Crippen LogP contribution >= 0.6 is 0 Å². The van der Waals surface area contributed by atoms with Crippen LogP contribution in [0.1, 0.15) is 29.8 Å². The minimum Gasteiger partial charge on any atom is -0.354 e. The maximum absolute atomic E-state index is 12.6. The van der Waals surface area contributed by atoms with E-state index in [1.165, 1.54) is 18.7 Å². The van der Waals surface area contributed by atoms with Crippen molar-refractivity contribution in [1.29, 1.82) is 0 Å². The molecule has 0 aliphatic carbocycles. The number of benzene rings is 2. The van der Waals surface area contributed by atoms with Crippen LogP contribution in [0, 0.1) is 0 Å². The Labute approximate surface area is 164 Å².